The van der Waals surface area contributed by atoms with E-state index in [1.807, 2.05) is 13.0 Å². The van der Waals surface area contributed by atoms with Crippen LogP contribution in [0.2, 0.25) is 0 Å². The Morgan fingerprint density at radius 1 is 1.08 bits per heavy atom. The number of halogens is 6. The molecule has 3 aliphatic rings. The summed E-state index contributed by atoms with van der Waals surface area (Å²) in [5.74, 6) is 0.355. The molecule has 3 aliphatic carbocycles. The van der Waals surface area contributed by atoms with E-state index in [1.54, 1.807) is 0 Å². The van der Waals surface area contributed by atoms with Gasteiger partial charge in [0.15, 0.2) is 0 Å². The highest BCUT2D eigenvalue weighted by Crippen LogP contribution is 2.60. The Morgan fingerprint density at radius 3 is 2.33 bits per heavy atom. The monoisotopic (exact) mass is 524 g/mol. The quantitative estimate of drug-likeness (QED) is 0.336. The standard InChI is InChI=1S/C27H38F6O3/c1-16(6-4-13-25(36,26(28,29)30)27(31,32)33)21-10-11-22-18(7-5-12-24(21,22)3)8-9-19-14-20(34)15-23(35)17(19)2/h8-9,16,20-23,34-36H,2,4-7,10-15H2,1,3H3/b18-8+,19-9+/t16-,20-,21-,22-,23-,24+/m0/s1. The van der Waals surface area contributed by atoms with E-state index in [1.165, 1.54) is 5.57 Å². The first kappa shape index (κ1) is 29.2. The topological polar surface area (TPSA) is 60.7 Å². The van der Waals surface area contributed by atoms with Gasteiger partial charge in [-0.15, -0.1) is 0 Å². The van der Waals surface area contributed by atoms with E-state index in [-0.39, 0.29) is 42.4 Å². The number of fused-ring (bicyclic) bond motifs is 1. The molecule has 0 saturated heterocycles. The number of alkyl halides is 6. The summed E-state index contributed by atoms with van der Waals surface area (Å²) in [6.45, 7) is 8.03. The van der Waals surface area contributed by atoms with Crippen LogP contribution in [0.3, 0.4) is 0 Å². The van der Waals surface area contributed by atoms with Crippen LogP contribution in [0.15, 0.2) is 35.5 Å². The predicted octanol–water partition coefficient (Wildman–Crippen LogP) is 6.79. The normalized spacial score (nSPS) is 35.4. The zero-order valence-corrected chi connectivity index (χ0v) is 20.9. The first-order valence-electron chi connectivity index (χ1n) is 12.8. The lowest BCUT2D eigenvalue weighted by atomic mass is 9.60. The van der Waals surface area contributed by atoms with Crippen LogP contribution in [0.1, 0.15) is 78.1 Å². The molecule has 9 heteroatoms. The Kier molecular flexibility index (Phi) is 8.48. The zero-order chi connectivity index (χ0) is 27.1. The van der Waals surface area contributed by atoms with E-state index in [0.29, 0.717) is 12.0 Å². The van der Waals surface area contributed by atoms with Gasteiger partial charge in [0.25, 0.3) is 5.60 Å². The molecule has 3 N–H and O–H groups in total. The van der Waals surface area contributed by atoms with Gasteiger partial charge in [-0.2, -0.15) is 26.3 Å². The molecule has 0 aromatic carbocycles. The highest BCUT2D eigenvalue weighted by atomic mass is 19.4. The van der Waals surface area contributed by atoms with Gasteiger partial charge in [0.05, 0.1) is 12.2 Å². The van der Waals surface area contributed by atoms with E-state index < -0.39 is 36.6 Å². The molecule has 3 fully saturated rings. The van der Waals surface area contributed by atoms with Crippen molar-refractivity contribution >= 4 is 0 Å². The Morgan fingerprint density at radius 2 is 1.72 bits per heavy atom. The minimum atomic E-state index is -5.77. The fraction of sp³-hybridized carbons (Fsp3) is 0.778. The molecule has 0 unspecified atom stereocenters. The van der Waals surface area contributed by atoms with Gasteiger partial charge < -0.3 is 15.3 Å². The second-order valence-corrected chi connectivity index (χ2v) is 11.4. The largest absolute Gasteiger partial charge is 0.426 e. The maximum atomic E-state index is 13.0. The van der Waals surface area contributed by atoms with E-state index in [2.05, 4.69) is 19.6 Å². The first-order chi connectivity index (χ1) is 16.5. The van der Waals surface area contributed by atoms with Crippen molar-refractivity contribution in [2.24, 2.45) is 23.2 Å². The van der Waals surface area contributed by atoms with Crippen molar-refractivity contribution in [1.29, 1.82) is 0 Å². The first-order valence-corrected chi connectivity index (χ1v) is 12.8. The van der Waals surface area contributed by atoms with Gasteiger partial charge in [-0.05, 0) is 85.7 Å². The summed E-state index contributed by atoms with van der Waals surface area (Å²) < 4.78 is 78.1. The number of rotatable bonds is 6. The van der Waals surface area contributed by atoms with Gasteiger partial charge in [0, 0.05) is 6.42 Å². The molecule has 0 aromatic heterocycles. The van der Waals surface area contributed by atoms with E-state index in [0.717, 1.165) is 37.7 Å². The summed E-state index contributed by atoms with van der Waals surface area (Å²) in [4.78, 5) is 0. The van der Waals surface area contributed by atoms with Crippen LogP contribution in [0, 0.1) is 23.2 Å². The van der Waals surface area contributed by atoms with E-state index in [9.17, 15) is 41.7 Å². The van der Waals surface area contributed by atoms with Gasteiger partial charge in [0.2, 0.25) is 0 Å². The third-order valence-electron chi connectivity index (χ3n) is 9.12. The van der Waals surface area contributed by atoms with Crippen LogP contribution >= 0.6 is 0 Å². The molecular formula is C27H38F6O3. The Labute approximate surface area is 209 Å². The molecule has 6 atom stereocenters. The Balaban J connectivity index is 1.69. The number of aliphatic hydroxyl groups is 3. The summed E-state index contributed by atoms with van der Waals surface area (Å²) in [5, 5.41) is 29.5. The third kappa shape index (κ3) is 5.58. The highest BCUT2D eigenvalue weighted by molar-refractivity contribution is 5.38. The zero-order valence-electron chi connectivity index (χ0n) is 20.9. The van der Waals surface area contributed by atoms with Crippen LogP contribution in [-0.4, -0.2) is 45.5 Å². The molecular weight excluding hydrogens is 486 g/mol. The van der Waals surface area contributed by atoms with Gasteiger partial charge in [-0.25, -0.2) is 0 Å². The Bertz CT molecular complexity index is 860. The number of hydrogen-bond acceptors (Lipinski definition) is 3. The van der Waals surface area contributed by atoms with Gasteiger partial charge in [0.1, 0.15) is 0 Å². The van der Waals surface area contributed by atoms with Crippen LogP contribution in [0.25, 0.3) is 0 Å². The molecule has 3 saturated carbocycles. The number of aliphatic hydroxyl groups excluding tert-OH is 2. The van der Waals surface area contributed by atoms with Crippen molar-refractivity contribution < 1.29 is 41.7 Å². The second-order valence-electron chi connectivity index (χ2n) is 11.4. The molecule has 0 heterocycles. The average molecular weight is 525 g/mol. The SMILES string of the molecule is C=C1/C(=C/C=C2\CCC[C@@]3(C)[C@H]2CC[C@H]3[C@@H](C)CCCC(O)(C(F)(F)F)C(F)(F)F)C[C@H](O)C[C@@H]1O. The number of allylic oxidation sites excluding steroid dienone is 3. The summed E-state index contributed by atoms with van der Waals surface area (Å²) in [5.41, 5.74) is -2.08. The van der Waals surface area contributed by atoms with Gasteiger partial charge in [-0.1, -0.05) is 44.6 Å². The van der Waals surface area contributed by atoms with Crippen LogP contribution < -0.4 is 0 Å². The smallest absolute Gasteiger partial charge is 0.393 e. The molecule has 0 radical (unpaired) electrons. The van der Waals surface area contributed by atoms with Crippen molar-refractivity contribution in [1.82, 2.24) is 0 Å². The number of hydrogen-bond donors (Lipinski definition) is 3. The molecule has 0 bridgehead atoms. The second kappa shape index (κ2) is 10.4. The molecule has 36 heavy (non-hydrogen) atoms. The van der Waals surface area contributed by atoms with E-state index in [4.69, 9.17) is 0 Å². The van der Waals surface area contributed by atoms with Crippen LogP contribution in [0.5, 0.6) is 0 Å². The van der Waals surface area contributed by atoms with Crippen molar-refractivity contribution in [2.75, 3.05) is 0 Å². The summed E-state index contributed by atoms with van der Waals surface area (Å²) in [6, 6.07) is 0. The summed E-state index contributed by atoms with van der Waals surface area (Å²) in [7, 11) is 0. The van der Waals surface area contributed by atoms with Crippen molar-refractivity contribution in [3.05, 3.63) is 35.5 Å². The molecule has 0 aliphatic heterocycles. The Hall–Kier alpha value is -1.32. The van der Waals surface area contributed by atoms with E-state index >= 15 is 0 Å². The fourth-order valence-electron chi connectivity index (χ4n) is 7.00. The molecule has 0 spiro atoms. The minimum Gasteiger partial charge on any atom is -0.393 e. The van der Waals surface area contributed by atoms with Gasteiger partial charge >= 0.3 is 12.4 Å². The predicted molar refractivity (Wildman–Crippen MR) is 125 cm³/mol. The molecule has 0 aromatic rings. The summed E-state index contributed by atoms with van der Waals surface area (Å²) >= 11 is 0. The fourth-order valence-corrected chi connectivity index (χ4v) is 7.00. The van der Waals surface area contributed by atoms with Crippen LogP contribution in [0.4, 0.5) is 26.3 Å². The lowest BCUT2D eigenvalue weighted by Crippen LogP contribution is -2.56. The molecule has 0 amide bonds. The average Bonchev–Trinajstić information content (AvgIpc) is 3.11. The molecule has 206 valence electrons. The van der Waals surface area contributed by atoms with Crippen molar-refractivity contribution in [3.63, 3.8) is 0 Å². The maximum Gasteiger partial charge on any atom is 0.426 e. The van der Waals surface area contributed by atoms with Gasteiger partial charge in [-0.3, -0.25) is 0 Å². The lowest BCUT2D eigenvalue weighted by Gasteiger charge is -2.44. The van der Waals surface area contributed by atoms with Crippen LogP contribution in [-0.2, 0) is 0 Å². The minimum absolute atomic E-state index is 0.0770. The maximum absolute atomic E-state index is 13.0. The van der Waals surface area contributed by atoms with Crippen molar-refractivity contribution in [3.8, 4) is 0 Å². The molecule has 3 nitrogen and oxygen atoms in total. The molecule has 3 rings (SSSR count). The van der Waals surface area contributed by atoms with Crippen molar-refractivity contribution in [2.45, 2.75) is 108 Å². The third-order valence-corrected chi connectivity index (χ3v) is 9.12. The highest BCUT2D eigenvalue weighted by Gasteiger charge is 2.69. The lowest BCUT2D eigenvalue weighted by molar-refractivity contribution is -0.370. The summed E-state index contributed by atoms with van der Waals surface area (Å²) in [6.07, 6.45) is -5.24.